The van der Waals surface area contributed by atoms with E-state index in [1.54, 1.807) is 11.3 Å². The van der Waals surface area contributed by atoms with Gasteiger partial charge in [-0.2, -0.15) is 0 Å². The number of aromatic nitrogens is 1. The normalized spacial score (nSPS) is 18.7. The lowest BCUT2D eigenvalue weighted by Crippen LogP contribution is -2.30. The molecule has 2 rings (SSSR count). The molecule has 4 heteroatoms. The van der Waals surface area contributed by atoms with E-state index in [1.165, 1.54) is 17.7 Å². The van der Waals surface area contributed by atoms with E-state index in [4.69, 9.17) is 5.73 Å². The second-order valence-corrected chi connectivity index (χ2v) is 4.97. The molecular weight excluding hydrogens is 182 g/mol. The van der Waals surface area contributed by atoms with Crippen LogP contribution in [0.15, 0.2) is 0 Å². The minimum absolute atomic E-state index is 0.177. The topological polar surface area (TPSA) is 50.9 Å². The Kier molecular flexibility index (Phi) is 2.04. The minimum Gasteiger partial charge on any atom is -0.355 e. The third-order valence-corrected chi connectivity index (χ3v) is 3.63. The van der Waals surface area contributed by atoms with Crippen molar-refractivity contribution < 1.29 is 0 Å². The van der Waals surface area contributed by atoms with E-state index in [9.17, 15) is 0 Å². The van der Waals surface area contributed by atoms with Crippen LogP contribution in [-0.2, 0) is 0 Å². The van der Waals surface area contributed by atoms with Gasteiger partial charge in [0.1, 0.15) is 0 Å². The molecule has 3 nitrogen and oxygen atoms in total. The largest absolute Gasteiger partial charge is 0.355 e. The quantitative estimate of drug-likeness (QED) is 0.775. The Morgan fingerprint density at radius 1 is 1.54 bits per heavy atom. The van der Waals surface area contributed by atoms with Gasteiger partial charge in [-0.25, -0.2) is 4.98 Å². The fraction of sp³-hybridized carbons (Fsp3) is 0.667. The van der Waals surface area contributed by atoms with Crippen molar-refractivity contribution in [2.75, 3.05) is 11.9 Å². The monoisotopic (exact) mass is 197 g/mol. The third kappa shape index (κ3) is 1.69. The van der Waals surface area contributed by atoms with Crippen LogP contribution in [0.1, 0.15) is 23.4 Å². The zero-order valence-electron chi connectivity index (χ0n) is 8.05. The van der Waals surface area contributed by atoms with E-state index < -0.39 is 0 Å². The fourth-order valence-electron chi connectivity index (χ4n) is 1.28. The average Bonchev–Trinajstić information content (AvgIpc) is 2.78. The van der Waals surface area contributed by atoms with Crippen LogP contribution >= 0.6 is 11.3 Å². The number of hydrogen-bond acceptors (Lipinski definition) is 4. The van der Waals surface area contributed by atoms with Gasteiger partial charge in [-0.3, -0.25) is 0 Å². The van der Waals surface area contributed by atoms with Crippen LogP contribution in [0.25, 0.3) is 0 Å². The van der Waals surface area contributed by atoms with Crippen molar-refractivity contribution in [1.29, 1.82) is 0 Å². The summed E-state index contributed by atoms with van der Waals surface area (Å²) in [5, 5.41) is 4.45. The molecule has 0 saturated heterocycles. The molecule has 0 unspecified atom stereocenters. The lowest BCUT2D eigenvalue weighted by Gasteiger charge is -2.12. The van der Waals surface area contributed by atoms with Gasteiger partial charge in [0.2, 0.25) is 0 Å². The van der Waals surface area contributed by atoms with Crippen molar-refractivity contribution in [3.8, 4) is 0 Å². The van der Waals surface area contributed by atoms with Crippen LogP contribution in [-0.4, -0.2) is 17.1 Å². The Balaban J connectivity index is 2.10. The Hall–Kier alpha value is -0.610. The molecule has 1 heterocycles. The van der Waals surface area contributed by atoms with Crippen molar-refractivity contribution in [2.24, 2.45) is 5.73 Å². The number of nitrogens with two attached hydrogens (primary N) is 1. The zero-order valence-corrected chi connectivity index (χ0v) is 8.87. The molecule has 1 saturated carbocycles. The summed E-state index contributed by atoms with van der Waals surface area (Å²) in [6, 6.07) is 0. The standard InChI is InChI=1S/C9H15N3S/c1-6-7(2)13-8(11-6)12-9(5-10)3-4-9/h3-5,10H2,1-2H3,(H,11,12). The Labute approximate surface area is 82.4 Å². The molecule has 1 aliphatic rings. The van der Waals surface area contributed by atoms with Gasteiger partial charge in [0, 0.05) is 11.4 Å². The van der Waals surface area contributed by atoms with Crippen LogP contribution in [0, 0.1) is 13.8 Å². The van der Waals surface area contributed by atoms with Gasteiger partial charge in [0.05, 0.1) is 11.2 Å². The molecule has 0 atom stereocenters. The number of anilines is 1. The molecule has 0 spiro atoms. The first-order chi connectivity index (χ1) is 6.15. The summed E-state index contributed by atoms with van der Waals surface area (Å²) in [6.07, 6.45) is 2.36. The van der Waals surface area contributed by atoms with Crippen LogP contribution < -0.4 is 11.1 Å². The molecule has 1 aliphatic carbocycles. The summed E-state index contributed by atoms with van der Waals surface area (Å²) in [6.45, 7) is 4.85. The molecule has 1 aromatic rings. The Morgan fingerprint density at radius 3 is 2.62 bits per heavy atom. The smallest absolute Gasteiger partial charge is 0.183 e. The first-order valence-electron chi connectivity index (χ1n) is 4.57. The van der Waals surface area contributed by atoms with Crippen molar-refractivity contribution in [3.05, 3.63) is 10.6 Å². The average molecular weight is 197 g/mol. The summed E-state index contributed by atoms with van der Waals surface area (Å²) in [7, 11) is 0. The lowest BCUT2D eigenvalue weighted by atomic mass is 10.3. The highest BCUT2D eigenvalue weighted by Gasteiger charge is 2.41. The molecule has 0 bridgehead atoms. The summed E-state index contributed by atoms with van der Waals surface area (Å²) in [5.74, 6) is 0. The molecule has 0 amide bonds. The molecule has 0 aromatic carbocycles. The molecule has 13 heavy (non-hydrogen) atoms. The van der Waals surface area contributed by atoms with E-state index >= 15 is 0 Å². The maximum atomic E-state index is 5.68. The van der Waals surface area contributed by atoms with Crippen LogP contribution in [0.4, 0.5) is 5.13 Å². The van der Waals surface area contributed by atoms with E-state index in [0.29, 0.717) is 6.54 Å². The van der Waals surface area contributed by atoms with E-state index in [1.807, 2.05) is 6.92 Å². The van der Waals surface area contributed by atoms with Gasteiger partial charge >= 0.3 is 0 Å². The molecule has 0 radical (unpaired) electrons. The van der Waals surface area contributed by atoms with Gasteiger partial charge < -0.3 is 11.1 Å². The molecule has 72 valence electrons. The zero-order chi connectivity index (χ0) is 9.47. The highest BCUT2D eigenvalue weighted by Crippen LogP contribution is 2.39. The SMILES string of the molecule is Cc1nc(NC2(CN)CC2)sc1C. The van der Waals surface area contributed by atoms with Gasteiger partial charge in [0.25, 0.3) is 0 Å². The molecule has 1 aromatic heterocycles. The predicted octanol–water partition coefficient (Wildman–Crippen LogP) is 1.66. The molecule has 0 aliphatic heterocycles. The fourth-order valence-corrected chi connectivity index (χ4v) is 2.22. The highest BCUT2D eigenvalue weighted by atomic mass is 32.1. The summed E-state index contributed by atoms with van der Waals surface area (Å²) in [5.41, 5.74) is 6.98. The third-order valence-electron chi connectivity index (χ3n) is 2.64. The molecule has 1 fully saturated rings. The summed E-state index contributed by atoms with van der Waals surface area (Å²) >= 11 is 1.72. The van der Waals surface area contributed by atoms with Gasteiger partial charge in [-0.05, 0) is 26.7 Å². The number of rotatable bonds is 3. The van der Waals surface area contributed by atoms with E-state index in [2.05, 4.69) is 17.2 Å². The van der Waals surface area contributed by atoms with E-state index in [0.717, 1.165) is 10.8 Å². The predicted molar refractivity (Wildman–Crippen MR) is 56.2 cm³/mol. The van der Waals surface area contributed by atoms with E-state index in [-0.39, 0.29) is 5.54 Å². The molecular formula is C9H15N3S. The van der Waals surface area contributed by atoms with Crippen molar-refractivity contribution >= 4 is 16.5 Å². The Bertz CT molecular complexity index is 295. The number of aryl methyl sites for hydroxylation is 2. The van der Waals surface area contributed by atoms with Crippen molar-refractivity contribution in [3.63, 3.8) is 0 Å². The first-order valence-corrected chi connectivity index (χ1v) is 5.39. The second kappa shape index (κ2) is 2.96. The van der Waals surface area contributed by atoms with Gasteiger partial charge in [-0.15, -0.1) is 11.3 Å². The number of nitrogens with one attached hydrogen (secondary N) is 1. The maximum absolute atomic E-state index is 5.68. The van der Waals surface area contributed by atoms with Crippen molar-refractivity contribution in [2.45, 2.75) is 32.2 Å². The van der Waals surface area contributed by atoms with Crippen LogP contribution in [0.2, 0.25) is 0 Å². The highest BCUT2D eigenvalue weighted by molar-refractivity contribution is 7.15. The first kappa shape index (κ1) is 8.97. The minimum atomic E-state index is 0.177. The Morgan fingerprint density at radius 2 is 2.23 bits per heavy atom. The second-order valence-electron chi connectivity index (χ2n) is 3.77. The van der Waals surface area contributed by atoms with Crippen LogP contribution in [0.3, 0.4) is 0 Å². The maximum Gasteiger partial charge on any atom is 0.183 e. The summed E-state index contributed by atoms with van der Waals surface area (Å²) in [4.78, 5) is 5.72. The van der Waals surface area contributed by atoms with Crippen LogP contribution in [0.5, 0.6) is 0 Å². The molecule has 3 N–H and O–H groups in total. The number of thiazole rings is 1. The van der Waals surface area contributed by atoms with Crippen molar-refractivity contribution in [1.82, 2.24) is 4.98 Å². The van der Waals surface area contributed by atoms with Gasteiger partial charge in [0.15, 0.2) is 5.13 Å². The summed E-state index contributed by atoms with van der Waals surface area (Å²) < 4.78 is 0. The number of hydrogen-bond donors (Lipinski definition) is 2. The number of nitrogens with zero attached hydrogens (tertiary/aromatic N) is 1. The van der Waals surface area contributed by atoms with Gasteiger partial charge in [-0.1, -0.05) is 0 Å². The lowest BCUT2D eigenvalue weighted by molar-refractivity contribution is 0.740.